The van der Waals surface area contributed by atoms with Gasteiger partial charge in [0.05, 0.1) is 17.1 Å². The van der Waals surface area contributed by atoms with Crippen LogP contribution >= 0.6 is 0 Å². The van der Waals surface area contributed by atoms with Crippen LogP contribution in [0.2, 0.25) is 0 Å². The van der Waals surface area contributed by atoms with E-state index in [0.717, 1.165) is 16.9 Å². The van der Waals surface area contributed by atoms with Crippen molar-refractivity contribution in [1.29, 1.82) is 0 Å². The molecule has 1 aromatic heterocycles. The van der Waals surface area contributed by atoms with Crippen LogP contribution in [0.5, 0.6) is 0 Å². The van der Waals surface area contributed by atoms with E-state index in [2.05, 4.69) is 21.9 Å². The number of imidazole rings is 1. The third kappa shape index (κ3) is 2.42. The van der Waals surface area contributed by atoms with Crippen molar-refractivity contribution < 1.29 is 4.79 Å². The summed E-state index contributed by atoms with van der Waals surface area (Å²) in [6.07, 6.45) is 1.28. The first-order chi connectivity index (χ1) is 8.61. The molecule has 0 spiro atoms. The second-order valence-corrected chi connectivity index (χ2v) is 4.57. The predicted molar refractivity (Wildman–Crippen MR) is 72.0 cm³/mol. The Labute approximate surface area is 106 Å². The number of aromatic amines is 1. The van der Waals surface area contributed by atoms with E-state index in [1.54, 1.807) is 0 Å². The van der Waals surface area contributed by atoms with Crippen molar-refractivity contribution in [3.05, 3.63) is 42.7 Å². The van der Waals surface area contributed by atoms with Crippen LogP contribution in [0, 0.1) is 5.92 Å². The van der Waals surface area contributed by atoms with Crippen molar-refractivity contribution in [2.75, 3.05) is 0 Å². The number of amides is 1. The minimum absolute atomic E-state index is 0.136. The van der Waals surface area contributed by atoms with Crippen molar-refractivity contribution in [2.24, 2.45) is 5.92 Å². The molecule has 1 aromatic carbocycles. The number of nitrogens with zero attached hydrogens (tertiary/aromatic N) is 1. The van der Waals surface area contributed by atoms with Crippen molar-refractivity contribution in [3.63, 3.8) is 0 Å². The quantitative estimate of drug-likeness (QED) is 0.811. The van der Waals surface area contributed by atoms with Gasteiger partial charge < -0.3 is 10.3 Å². The zero-order chi connectivity index (χ0) is 13.1. The second kappa shape index (κ2) is 5.04. The van der Waals surface area contributed by atoms with E-state index in [9.17, 15) is 4.79 Å². The van der Waals surface area contributed by atoms with Crippen LogP contribution < -0.4 is 5.32 Å². The lowest BCUT2D eigenvalue weighted by Gasteiger charge is -2.19. The third-order valence-corrected chi connectivity index (χ3v) is 2.85. The van der Waals surface area contributed by atoms with Crippen molar-refractivity contribution >= 4 is 16.9 Å². The average Bonchev–Trinajstić information content (AvgIpc) is 2.78. The minimum Gasteiger partial charge on any atom is -0.342 e. The van der Waals surface area contributed by atoms with Gasteiger partial charge in [-0.1, -0.05) is 32.6 Å². The van der Waals surface area contributed by atoms with Crippen LogP contribution in [0.1, 0.15) is 25.7 Å². The molecule has 1 amide bonds. The SMILES string of the molecule is C=CC(=O)NC(c1nc2ccccc2[nH]1)C(C)C. The van der Waals surface area contributed by atoms with Gasteiger partial charge >= 0.3 is 0 Å². The van der Waals surface area contributed by atoms with Gasteiger partial charge in [-0.2, -0.15) is 0 Å². The van der Waals surface area contributed by atoms with E-state index >= 15 is 0 Å². The van der Waals surface area contributed by atoms with Gasteiger partial charge in [-0.25, -0.2) is 4.98 Å². The highest BCUT2D eigenvalue weighted by Crippen LogP contribution is 2.21. The summed E-state index contributed by atoms with van der Waals surface area (Å²) < 4.78 is 0. The monoisotopic (exact) mass is 243 g/mol. The van der Waals surface area contributed by atoms with Crippen LogP contribution in [0.15, 0.2) is 36.9 Å². The molecule has 1 heterocycles. The largest absolute Gasteiger partial charge is 0.342 e. The summed E-state index contributed by atoms with van der Waals surface area (Å²) in [5.74, 6) is 0.838. The molecule has 0 aliphatic carbocycles. The highest BCUT2D eigenvalue weighted by Gasteiger charge is 2.20. The first-order valence-corrected chi connectivity index (χ1v) is 5.99. The predicted octanol–water partition coefficient (Wildman–Crippen LogP) is 2.56. The highest BCUT2D eigenvalue weighted by atomic mass is 16.1. The molecule has 0 radical (unpaired) electrons. The molecule has 1 unspecified atom stereocenters. The third-order valence-electron chi connectivity index (χ3n) is 2.85. The van der Waals surface area contributed by atoms with E-state index in [0.29, 0.717) is 0 Å². The lowest BCUT2D eigenvalue weighted by molar-refractivity contribution is -0.117. The molecule has 2 aromatic rings. The van der Waals surface area contributed by atoms with E-state index < -0.39 is 0 Å². The molecule has 0 bridgehead atoms. The Kier molecular flexibility index (Phi) is 3.46. The lowest BCUT2D eigenvalue weighted by Crippen LogP contribution is -2.31. The maximum absolute atomic E-state index is 11.4. The zero-order valence-corrected chi connectivity index (χ0v) is 10.6. The number of hydrogen-bond acceptors (Lipinski definition) is 2. The van der Waals surface area contributed by atoms with Crippen molar-refractivity contribution in [1.82, 2.24) is 15.3 Å². The molecule has 0 saturated carbocycles. The van der Waals surface area contributed by atoms with Gasteiger partial charge in [-0.15, -0.1) is 0 Å². The van der Waals surface area contributed by atoms with Gasteiger partial charge in [0, 0.05) is 0 Å². The minimum atomic E-state index is -0.186. The summed E-state index contributed by atoms with van der Waals surface area (Å²) in [6.45, 7) is 7.55. The average molecular weight is 243 g/mol. The van der Waals surface area contributed by atoms with Crippen LogP contribution in [0.4, 0.5) is 0 Å². The number of nitrogens with one attached hydrogen (secondary N) is 2. The molecule has 0 aliphatic rings. The van der Waals surface area contributed by atoms with Gasteiger partial charge in [-0.3, -0.25) is 4.79 Å². The van der Waals surface area contributed by atoms with Crippen LogP contribution in [0.3, 0.4) is 0 Å². The number of carbonyl (C=O) groups excluding carboxylic acids is 1. The van der Waals surface area contributed by atoms with E-state index in [-0.39, 0.29) is 17.9 Å². The Morgan fingerprint density at radius 2 is 2.17 bits per heavy atom. The number of para-hydroxylation sites is 2. The topological polar surface area (TPSA) is 57.8 Å². The number of rotatable bonds is 4. The summed E-state index contributed by atoms with van der Waals surface area (Å²) in [6, 6.07) is 7.68. The Balaban J connectivity index is 2.35. The van der Waals surface area contributed by atoms with Gasteiger partial charge in [0.1, 0.15) is 5.82 Å². The molecule has 18 heavy (non-hydrogen) atoms. The highest BCUT2D eigenvalue weighted by molar-refractivity contribution is 5.87. The van der Waals surface area contributed by atoms with Crippen LogP contribution in [-0.2, 0) is 4.79 Å². The smallest absolute Gasteiger partial charge is 0.243 e. The number of carbonyl (C=O) groups is 1. The fourth-order valence-electron chi connectivity index (χ4n) is 1.88. The van der Waals surface area contributed by atoms with E-state index in [1.165, 1.54) is 6.08 Å². The molecule has 94 valence electrons. The Morgan fingerprint density at radius 1 is 1.44 bits per heavy atom. The lowest BCUT2D eigenvalue weighted by atomic mass is 10.0. The number of benzene rings is 1. The Morgan fingerprint density at radius 3 is 2.78 bits per heavy atom. The van der Waals surface area contributed by atoms with Crippen LogP contribution in [0.25, 0.3) is 11.0 Å². The maximum atomic E-state index is 11.4. The summed E-state index contributed by atoms with van der Waals surface area (Å²) in [4.78, 5) is 19.2. The first-order valence-electron chi connectivity index (χ1n) is 5.99. The number of hydrogen-bond donors (Lipinski definition) is 2. The second-order valence-electron chi connectivity index (χ2n) is 4.57. The number of H-pyrrole nitrogens is 1. The standard InChI is InChI=1S/C14H17N3O/c1-4-12(18)17-13(9(2)3)14-15-10-7-5-6-8-11(10)16-14/h4-9,13H,1H2,2-3H3,(H,15,16)(H,17,18). The Hall–Kier alpha value is -2.10. The van der Waals surface area contributed by atoms with Gasteiger partial charge in [0.15, 0.2) is 0 Å². The number of fused-ring (bicyclic) bond motifs is 1. The normalized spacial score (nSPS) is 12.6. The van der Waals surface area contributed by atoms with Crippen molar-refractivity contribution in [3.8, 4) is 0 Å². The molecule has 1 atom stereocenters. The molecular weight excluding hydrogens is 226 g/mol. The first kappa shape index (κ1) is 12.4. The fraction of sp³-hybridized carbons (Fsp3) is 0.286. The van der Waals surface area contributed by atoms with E-state index in [1.807, 2.05) is 38.1 Å². The molecular formula is C14H17N3O. The molecule has 0 saturated heterocycles. The summed E-state index contributed by atoms with van der Waals surface area (Å²) in [5.41, 5.74) is 1.89. The molecule has 0 fully saturated rings. The van der Waals surface area contributed by atoms with Crippen molar-refractivity contribution in [2.45, 2.75) is 19.9 Å². The zero-order valence-electron chi connectivity index (χ0n) is 10.6. The molecule has 4 nitrogen and oxygen atoms in total. The van der Waals surface area contributed by atoms with Crippen LogP contribution in [-0.4, -0.2) is 15.9 Å². The maximum Gasteiger partial charge on any atom is 0.243 e. The van der Waals surface area contributed by atoms with Gasteiger partial charge in [0.25, 0.3) is 0 Å². The summed E-state index contributed by atoms with van der Waals surface area (Å²) in [7, 11) is 0. The fourth-order valence-corrected chi connectivity index (χ4v) is 1.88. The summed E-state index contributed by atoms with van der Waals surface area (Å²) in [5, 5.41) is 2.89. The number of aromatic nitrogens is 2. The van der Waals surface area contributed by atoms with Gasteiger partial charge in [-0.05, 0) is 24.1 Å². The van der Waals surface area contributed by atoms with E-state index in [4.69, 9.17) is 0 Å². The summed E-state index contributed by atoms with van der Waals surface area (Å²) >= 11 is 0. The molecule has 2 N–H and O–H groups in total. The molecule has 2 rings (SSSR count). The van der Waals surface area contributed by atoms with Gasteiger partial charge in [0.2, 0.25) is 5.91 Å². The Bertz CT molecular complexity index is 538. The molecule has 0 aliphatic heterocycles. The molecule has 4 heteroatoms.